The van der Waals surface area contributed by atoms with Gasteiger partial charge in [0.1, 0.15) is 11.4 Å². The number of benzene rings is 1. The molecule has 0 saturated heterocycles. The average Bonchev–Trinajstić information content (AvgIpc) is 3.06. The highest BCUT2D eigenvalue weighted by Gasteiger charge is 2.18. The van der Waals surface area contributed by atoms with Crippen molar-refractivity contribution in [1.82, 2.24) is 9.97 Å². The van der Waals surface area contributed by atoms with Gasteiger partial charge in [-0.1, -0.05) is 36.2 Å². The Morgan fingerprint density at radius 2 is 2.00 bits per heavy atom. The molecule has 6 heteroatoms. The maximum atomic E-state index is 12.7. The molecule has 3 N–H and O–H groups in total. The summed E-state index contributed by atoms with van der Waals surface area (Å²) in [4.78, 5) is 21.1. The summed E-state index contributed by atoms with van der Waals surface area (Å²) >= 11 is 7.81. The third-order valence-corrected chi connectivity index (χ3v) is 6.15. The predicted molar refractivity (Wildman–Crippen MR) is 103 cm³/mol. The van der Waals surface area contributed by atoms with E-state index in [1.54, 1.807) is 0 Å². The minimum atomic E-state index is -0.0757. The second-order valence-electron chi connectivity index (χ2n) is 6.66. The Bertz CT molecular complexity index is 943. The molecule has 25 heavy (non-hydrogen) atoms. The number of H-pyrrole nitrogens is 1. The summed E-state index contributed by atoms with van der Waals surface area (Å²) < 4.78 is 0. The van der Waals surface area contributed by atoms with Crippen molar-refractivity contribution >= 4 is 33.2 Å². The minimum Gasteiger partial charge on any atom is -0.338 e. The van der Waals surface area contributed by atoms with Crippen LogP contribution >= 0.6 is 22.9 Å². The van der Waals surface area contributed by atoms with Crippen LogP contribution in [0, 0.1) is 0 Å². The normalized spacial score (nSPS) is 15.7. The molecule has 1 aliphatic rings. The number of hydrogen-bond donors (Lipinski definition) is 2. The molecule has 1 saturated carbocycles. The van der Waals surface area contributed by atoms with E-state index < -0.39 is 0 Å². The highest BCUT2D eigenvalue weighted by molar-refractivity contribution is 7.17. The van der Waals surface area contributed by atoms with Crippen molar-refractivity contribution in [3.05, 3.63) is 50.8 Å². The molecule has 4 nitrogen and oxygen atoms in total. The lowest BCUT2D eigenvalue weighted by molar-refractivity contribution is -0.707. The monoisotopic (exact) mass is 374 g/mol. The minimum absolute atomic E-state index is 0.0757. The SMILES string of the molecule is O=c1[nH]c(C[NH2+]C2CCCCC2)nc2scc(-c3ccccc3Cl)c12. The van der Waals surface area contributed by atoms with Crippen molar-refractivity contribution in [1.29, 1.82) is 0 Å². The van der Waals surface area contributed by atoms with Crippen LogP contribution in [0.3, 0.4) is 0 Å². The molecule has 3 aromatic rings. The topological polar surface area (TPSA) is 62.4 Å². The predicted octanol–water partition coefficient (Wildman–Crippen LogP) is 3.70. The largest absolute Gasteiger partial charge is 0.338 e. The van der Waals surface area contributed by atoms with Crippen LogP contribution in [0.15, 0.2) is 34.4 Å². The Labute approximate surface area is 155 Å². The summed E-state index contributed by atoms with van der Waals surface area (Å²) in [6.45, 7) is 0.731. The first kappa shape index (κ1) is 16.8. The van der Waals surface area contributed by atoms with Gasteiger partial charge in [0.15, 0.2) is 5.82 Å². The van der Waals surface area contributed by atoms with Gasteiger partial charge in [-0.25, -0.2) is 4.98 Å². The van der Waals surface area contributed by atoms with Crippen molar-refractivity contribution in [3.63, 3.8) is 0 Å². The Balaban J connectivity index is 1.63. The maximum Gasteiger partial charge on any atom is 0.260 e. The van der Waals surface area contributed by atoms with Crippen LogP contribution in [0.5, 0.6) is 0 Å². The van der Waals surface area contributed by atoms with Gasteiger partial charge >= 0.3 is 0 Å². The molecule has 4 rings (SSSR count). The first-order chi connectivity index (χ1) is 12.2. The molecule has 1 fully saturated rings. The Kier molecular flexibility index (Phi) is 4.88. The first-order valence-electron chi connectivity index (χ1n) is 8.81. The van der Waals surface area contributed by atoms with Gasteiger partial charge in [0.05, 0.1) is 11.4 Å². The van der Waals surface area contributed by atoms with Gasteiger partial charge < -0.3 is 10.3 Å². The van der Waals surface area contributed by atoms with E-state index in [1.165, 1.54) is 43.4 Å². The number of fused-ring (bicyclic) bond motifs is 1. The van der Waals surface area contributed by atoms with Crippen LogP contribution in [0.1, 0.15) is 37.9 Å². The van der Waals surface area contributed by atoms with Gasteiger partial charge in [0.25, 0.3) is 5.56 Å². The lowest BCUT2D eigenvalue weighted by Gasteiger charge is -2.19. The molecule has 0 atom stereocenters. The van der Waals surface area contributed by atoms with Crippen LogP contribution in [0.4, 0.5) is 0 Å². The second-order valence-corrected chi connectivity index (χ2v) is 7.93. The van der Waals surface area contributed by atoms with Gasteiger partial charge in [0.2, 0.25) is 0 Å². The average molecular weight is 375 g/mol. The fourth-order valence-corrected chi connectivity index (χ4v) is 4.81. The summed E-state index contributed by atoms with van der Waals surface area (Å²) in [6.07, 6.45) is 6.52. The number of nitrogens with two attached hydrogens (primary N) is 1. The number of halogens is 1. The van der Waals surface area contributed by atoms with Gasteiger partial charge in [0, 0.05) is 21.5 Å². The van der Waals surface area contributed by atoms with Crippen molar-refractivity contribution in [2.75, 3.05) is 0 Å². The zero-order chi connectivity index (χ0) is 17.2. The summed E-state index contributed by atoms with van der Waals surface area (Å²) in [5, 5.41) is 5.59. The van der Waals surface area contributed by atoms with E-state index in [4.69, 9.17) is 11.6 Å². The Morgan fingerprint density at radius 1 is 1.20 bits per heavy atom. The van der Waals surface area contributed by atoms with Crippen LogP contribution in [0.2, 0.25) is 5.02 Å². The van der Waals surface area contributed by atoms with Gasteiger partial charge in [-0.2, -0.15) is 0 Å². The van der Waals surface area contributed by atoms with Crippen molar-refractivity contribution in [2.45, 2.75) is 44.7 Å². The van der Waals surface area contributed by atoms with E-state index in [1.807, 2.05) is 29.6 Å². The van der Waals surface area contributed by atoms with Crippen molar-refractivity contribution in [2.24, 2.45) is 0 Å². The second kappa shape index (κ2) is 7.28. The van der Waals surface area contributed by atoms with Gasteiger partial charge in [-0.3, -0.25) is 4.79 Å². The molecule has 0 bridgehead atoms. The maximum absolute atomic E-state index is 12.7. The molecule has 0 unspecified atom stereocenters. The molecule has 0 radical (unpaired) electrons. The van der Waals surface area contributed by atoms with E-state index in [2.05, 4.69) is 15.3 Å². The molecule has 2 heterocycles. The van der Waals surface area contributed by atoms with Gasteiger partial charge in [-0.15, -0.1) is 11.3 Å². The standard InChI is InChI=1S/C19H20ClN3OS/c20-15-9-5-4-8-13(15)14-11-25-19-17(14)18(24)22-16(23-19)10-21-12-6-2-1-3-7-12/h4-5,8-9,11-12,21H,1-3,6-7,10H2,(H,22,23,24)/p+1. The van der Waals surface area contributed by atoms with E-state index in [0.29, 0.717) is 16.5 Å². The summed E-state index contributed by atoms with van der Waals surface area (Å²) in [7, 11) is 0. The highest BCUT2D eigenvalue weighted by atomic mass is 35.5. The number of nitrogens with one attached hydrogen (secondary N) is 1. The third-order valence-electron chi connectivity index (χ3n) is 4.95. The van der Waals surface area contributed by atoms with E-state index >= 15 is 0 Å². The molecule has 0 amide bonds. The quantitative estimate of drug-likeness (QED) is 0.731. The van der Waals surface area contributed by atoms with E-state index in [9.17, 15) is 4.79 Å². The lowest BCUT2D eigenvalue weighted by Crippen LogP contribution is -2.88. The van der Waals surface area contributed by atoms with Crippen molar-refractivity contribution in [3.8, 4) is 11.1 Å². The third kappa shape index (κ3) is 3.50. The van der Waals surface area contributed by atoms with Gasteiger partial charge in [-0.05, 0) is 31.7 Å². The molecule has 130 valence electrons. The number of aromatic amines is 1. The fraction of sp³-hybridized carbons (Fsp3) is 0.368. The number of hydrogen-bond acceptors (Lipinski definition) is 3. The molecule has 1 aromatic carbocycles. The zero-order valence-corrected chi connectivity index (χ0v) is 15.5. The number of quaternary nitrogens is 1. The molecular formula is C19H21ClN3OS+. The van der Waals surface area contributed by atoms with Crippen LogP contribution in [-0.4, -0.2) is 16.0 Å². The molecule has 0 aliphatic heterocycles. The number of thiophene rings is 1. The highest BCUT2D eigenvalue weighted by Crippen LogP contribution is 2.34. The Morgan fingerprint density at radius 3 is 2.80 bits per heavy atom. The van der Waals surface area contributed by atoms with E-state index in [-0.39, 0.29) is 5.56 Å². The van der Waals surface area contributed by atoms with Crippen LogP contribution < -0.4 is 10.9 Å². The lowest BCUT2D eigenvalue weighted by atomic mass is 9.95. The molecular weight excluding hydrogens is 354 g/mol. The fourth-order valence-electron chi connectivity index (χ4n) is 3.62. The first-order valence-corrected chi connectivity index (χ1v) is 10.1. The Hall–Kier alpha value is -1.69. The zero-order valence-electron chi connectivity index (χ0n) is 13.9. The number of aromatic nitrogens is 2. The summed E-state index contributed by atoms with van der Waals surface area (Å²) in [5.74, 6) is 0.760. The van der Waals surface area contributed by atoms with Crippen LogP contribution in [0.25, 0.3) is 21.3 Å². The van der Waals surface area contributed by atoms with Crippen molar-refractivity contribution < 1.29 is 5.32 Å². The number of nitrogens with zero attached hydrogens (tertiary/aromatic N) is 1. The number of rotatable bonds is 4. The molecule has 2 aromatic heterocycles. The molecule has 0 spiro atoms. The van der Waals surface area contributed by atoms with E-state index in [0.717, 1.165) is 28.3 Å². The molecule has 1 aliphatic carbocycles. The van der Waals surface area contributed by atoms with Crippen LogP contribution in [-0.2, 0) is 6.54 Å². The summed E-state index contributed by atoms with van der Waals surface area (Å²) in [5.41, 5.74) is 1.67. The smallest absolute Gasteiger partial charge is 0.260 e. The summed E-state index contributed by atoms with van der Waals surface area (Å²) in [6, 6.07) is 8.27.